The highest BCUT2D eigenvalue weighted by atomic mass is 35.5. The molecule has 0 radical (unpaired) electrons. The Kier molecular flexibility index (Phi) is 7.80. The molecule has 1 heterocycles. The first kappa shape index (κ1) is 21.8. The molecule has 0 bridgehead atoms. The van der Waals surface area contributed by atoms with Gasteiger partial charge in [0, 0.05) is 19.6 Å². The molecule has 7 nitrogen and oxygen atoms in total. The van der Waals surface area contributed by atoms with Crippen molar-refractivity contribution in [2.75, 3.05) is 32.7 Å². The highest BCUT2D eigenvalue weighted by molar-refractivity contribution is 6.33. The van der Waals surface area contributed by atoms with Gasteiger partial charge in [0.1, 0.15) is 0 Å². The van der Waals surface area contributed by atoms with Gasteiger partial charge >= 0.3 is 0 Å². The van der Waals surface area contributed by atoms with Crippen molar-refractivity contribution in [2.24, 2.45) is 0 Å². The van der Waals surface area contributed by atoms with Crippen LogP contribution >= 0.6 is 11.6 Å². The molecule has 2 aromatic rings. The lowest BCUT2D eigenvalue weighted by atomic mass is 10.1. The molecule has 0 saturated carbocycles. The fourth-order valence-electron chi connectivity index (χ4n) is 3.37. The maximum atomic E-state index is 12.2. The first-order valence-corrected chi connectivity index (χ1v) is 10.2. The van der Waals surface area contributed by atoms with E-state index in [1.54, 1.807) is 24.3 Å². The summed E-state index contributed by atoms with van der Waals surface area (Å²) in [6, 6.07) is 16.4. The zero-order valence-electron chi connectivity index (χ0n) is 16.6. The molecule has 2 amide bonds. The van der Waals surface area contributed by atoms with Crippen molar-refractivity contribution in [3.8, 4) is 6.07 Å². The minimum atomic E-state index is -0.446. The predicted octanol–water partition coefficient (Wildman–Crippen LogP) is 2.18. The zero-order chi connectivity index (χ0) is 21.3. The molecule has 0 aliphatic carbocycles. The SMILES string of the molecule is N#Cc1ccc(CN2CCCN(CC(=O)NNC(=O)c3ccccc3Cl)CC2)cc1. The number of amides is 2. The van der Waals surface area contributed by atoms with E-state index in [9.17, 15) is 9.59 Å². The number of rotatable bonds is 5. The van der Waals surface area contributed by atoms with Crippen LogP contribution in [0.15, 0.2) is 48.5 Å². The van der Waals surface area contributed by atoms with E-state index in [1.165, 1.54) is 5.56 Å². The van der Waals surface area contributed by atoms with Crippen molar-refractivity contribution in [3.05, 3.63) is 70.2 Å². The first-order valence-electron chi connectivity index (χ1n) is 9.82. The van der Waals surface area contributed by atoms with Crippen molar-refractivity contribution in [3.63, 3.8) is 0 Å². The van der Waals surface area contributed by atoms with E-state index in [0.29, 0.717) is 16.1 Å². The van der Waals surface area contributed by atoms with E-state index in [0.717, 1.165) is 39.1 Å². The van der Waals surface area contributed by atoms with E-state index in [-0.39, 0.29) is 12.5 Å². The average molecular weight is 426 g/mol. The summed E-state index contributed by atoms with van der Waals surface area (Å²) in [5.74, 6) is -0.714. The van der Waals surface area contributed by atoms with Gasteiger partial charge in [-0.05, 0) is 49.3 Å². The summed E-state index contributed by atoms with van der Waals surface area (Å²) in [4.78, 5) is 28.8. The van der Waals surface area contributed by atoms with Crippen molar-refractivity contribution in [1.82, 2.24) is 20.7 Å². The highest BCUT2D eigenvalue weighted by Gasteiger charge is 2.18. The number of benzene rings is 2. The van der Waals surface area contributed by atoms with Gasteiger partial charge in [0.2, 0.25) is 0 Å². The van der Waals surface area contributed by atoms with Crippen LogP contribution in [0.1, 0.15) is 27.9 Å². The highest BCUT2D eigenvalue weighted by Crippen LogP contribution is 2.14. The Morgan fingerprint density at radius 2 is 1.67 bits per heavy atom. The molecule has 156 valence electrons. The number of hydrazine groups is 1. The Balaban J connectivity index is 1.42. The Labute approximate surface area is 181 Å². The standard InChI is InChI=1S/C22H24ClN5O2/c23-20-5-2-1-4-19(20)22(30)26-25-21(29)16-28-11-3-10-27(12-13-28)15-18-8-6-17(14-24)7-9-18/h1-2,4-9H,3,10-13,15-16H2,(H,25,29)(H,26,30). The molecule has 8 heteroatoms. The molecule has 3 rings (SSSR count). The molecule has 0 atom stereocenters. The van der Waals surface area contributed by atoms with E-state index in [2.05, 4.69) is 26.7 Å². The third kappa shape index (κ3) is 6.29. The maximum absolute atomic E-state index is 12.2. The van der Waals surface area contributed by atoms with E-state index >= 15 is 0 Å². The van der Waals surface area contributed by atoms with Crippen LogP contribution in [0.5, 0.6) is 0 Å². The lowest BCUT2D eigenvalue weighted by Gasteiger charge is -2.21. The van der Waals surface area contributed by atoms with E-state index in [1.807, 2.05) is 24.3 Å². The lowest BCUT2D eigenvalue weighted by Crippen LogP contribution is -2.47. The minimum absolute atomic E-state index is 0.216. The van der Waals surface area contributed by atoms with Crippen molar-refractivity contribution in [2.45, 2.75) is 13.0 Å². The molecule has 0 unspecified atom stereocenters. The number of nitrogens with one attached hydrogen (secondary N) is 2. The number of hydrogen-bond donors (Lipinski definition) is 2. The van der Waals surface area contributed by atoms with Crippen LogP contribution in [0, 0.1) is 11.3 Å². The molecule has 1 aliphatic rings. The molecule has 1 saturated heterocycles. The molecule has 0 aromatic heterocycles. The summed E-state index contributed by atoms with van der Waals surface area (Å²) in [6.07, 6.45) is 0.954. The fraction of sp³-hybridized carbons (Fsp3) is 0.318. The summed E-state index contributed by atoms with van der Waals surface area (Å²) >= 11 is 5.99. The first-order chi connectivity index (χ1) is 14.5. The summed E-state index contributed by atoms with van der Waals surface area (Å²) < 4.78 is 0. The fourth-order valence-corrected chi connectivity index (χ4v) is 3.59. The summed E-state index contributed by atoms with van der Waals surface area (Å²) in [7, 11) is 0. The Bertz CT molecular complexity index is 926. The normalized spacial score (nSPS) is 15.1. The largest absolute Gasteiger partial charge is 0.298 e. The molecule has 1 fully saturated rings. The Morgan fingerprint density at radius 3 is 2.40 bits per heavy atom. The van der Waals surface area contributed by atoms with Crippen LogP contribution in [0.3, 0.4) is 0 Å². The third-order valence-corrected chi connectivity index (χ3v) is 5.30. The molecular formula is C22H24ClN5O2. The quantitative estimate of drug-likeness (QED) is 0.717. The Hall–Kier alpha value is -2.92. The van der Waals surface area contributed by atoms with Gasteiger partial charge in [-0.2, -0.15) is 5.26 Å². The number of carbonyl (C=O) groups is 2. The van der Waals surface area contributed by atoms with Gasteiger partial charge in [-0.3, -0.25) is 30.2 Å². The third-order valence-electron chi connectivity index (χ3n) is 4.97. The molecule has 1 aliphatic heterocycles. The zero-order valence-corrected chi connectivity index (χ0v) is 17.4. The van der Waals surface area contributed by atoms with E-state index in [4.69, 9.17) is 16.9 Å². The van der Waals surface area contributed by atoms with Crippen LogP contribution in [0.25, 0.3) is 0 Å². The van der Waals surface area contributed by atoms with Crippen LogP contribution in [-0.4, -0.2) is 54.3 Å². The number of nitrogens with zero attached hydrogens (tertiary/aromatic N) is 3. The number of halogens is 1. The summed E-state index contributed by atoms with van der Waals surface area (Å²) in [6.45, 7) is 4.41. The Morgan fingerprint density at radius 1 is 0.967 bits per heavy atom. The second kappa shape index (κ2) is 10.7. The maximum Gasteiger partial charge on any atom is 0.271 e. The molecule has 2 aromatic carbocycles. The molecule has 0 spiro atoms. The van der Waals surface area contributed by atoms with Crippen molar-refractivity contribution < 1.29 is 9.59 Å². The topological polar surface area (TPSA) is 88.5 Å². The predicted molar refractivity (Wildman–Crippen MR) is 115 cm³/mol. The molecule has 2 N–H and O–H groups in total. The van der Waals surface area contributed by atoms with Gasteiger partial charge in [0.05, 0.1) is 28.8 Å². The van der Waals surface area contributed by atoms with Gasteiger partial charge in [0.15, 0.2) is 0 Å². The van der Waals surface area contributed by atoms with Crippen LogP contribution in [0.4, 0.5) is 0 Å². The van der Waals surface area contributed by atoms with Crippen LogP contribution in [-0.2, 0) is 11.3 Å². The average Bonchev–Trinajstić information content (AvgIpc) is 2.98. The number of nitriles is 1. The van der Waals surface area contributed by atoms with Crippen molar-refractivity contribution >= 4 is 23.4 Å². The van der Waals surface area contributed by atoms with E-state index < -0.39 is 5.91 Å². The second-order valence-corrected chi connectivity index (χ2v) is 7.60. The molecular weight excluding hydrogens is 402 g/mol. The van der Waals surface area contributed by atoms with Gasteiger partial charge in [0.25, 0.3) is 11.8 Å². The number of carbonyl (C=O) groups excluding carboxylic acids is 2. The summed E-state index contributed by atoms with van der Waals surface area (Å²) in [5.41, 5.74) is 7.01. The van der Waals surface area contributed by atoms with Gasteiger partial charge in [-0.25, -0.2) is 0 Å². The van der Waals surface area contributed by atoms with Gasteiger partial charge in [-0.1, -0.05) is 35.9 Å². The number of hydrogen-bond acceptors (Lipinski definition) is 5. The molecule has 30 heavy (non-hydrogen) atoms. The minimum Gasteiger partial charge on any atom is -0.298 e. The van der Waals surface area contributed by atoms with Crippen LogP contribution in [0.2, 0.25) is 5.02 Å². The second-order valence-electron chi connectivity index (χ2n) is 7.20. The van der Waals surface area contributed by atoms with Gasteiger partial charge in [-0.15, -0.1) is 0 Å². The summed E-state index contributed by atoms with van der Waals surface area (Å²) in [5, 5.41) is 9.23. The lowest BCUT2D eigenvalue weighted by molar-refractivity contribution is -0.123. The smallest absolute Gasteiger partial charge is 0.271 e. The van der Waals surface area contributed by atoms with Crippen LogP contribution < -0.4 is 10.9 Å². The van der Waals surface area contributed by atoms with Crippen molar-refractivity contribution in [1.29, 1.82) is 5.26 Å². The monoisotopic (exact) mass is 425 g/mol. The van der Waals surface area contributed by atoms with Gasteiger partial charge < -0.3 is 0 Å².